The van der Waals surface area contributed by atoms with E-state index < -0.39 is 37.8 Å². The summed E-state index contributed by atoms with van der Waals surface area (Å²) in [6.45, 7) is 6.68. The van der Waals surface area contributed by atoms with E-state index in [0.29, 0.717) is 6.54 Å². The number of amides is 2. The Bertz CT molecular complexity index is 754. The third kappa shape index (κ3) is 3.13. The molecule has 122 valence electrons. The Morgan fingerprint density at radius 1 is 1.23 bits per heavy atom. The van der Waals surface area contributed by atoms with E-state index in [1.165, 1.54) is 0 Å². The predicted octanol–water partition coefficient (Wildman–Crippen LogP) is -1.33. The van der Waals surface area contributed by atoms with Crippen LogP contribution in [-0.4, -0.2) is 63.4 Å². The molecule has 0 radical (unpaired) electrons. The first-order valence-corrected chi connectivity index (χ1v) is 9.92. The molecule has 0 bridgehead atoms. The van der Waals surface area contributed by atoms with Crippen molar-refractivity contribution < 1.29 is 30.9 Å². The van der Waals surface area contributed by atoms with Crippen molar-refractivity contribution in [1.29, 1.82) is 0 Å². The van der Waals surface area contributed by atoms with E-state index in [-0.39, 0.29) is 28.3 Å². The maximum Gasteiger partial charge on any atom is 0.376 e. The fourth-order valence-electron chi connectivity index (χ4n) is 2.43. The maximum absolute atomic E-state index is 11.8. The molecule has 2 saturated heterocycles. The first kappa shape index (κ1) is 16.8. The van der Waals surface area contributed by atoms with Crippen molar-refractivity contribution in [3.8, 4) is 0 Å². The van der Waals surface area contributed by atoms with E-state index >= 15 is 0 Å². The number of hydrogen-bond donors (Lipinski definition) is 1. The van der Waals surface area contributed by atoms with Crippen LogP contribution in [0.3, 0.4) is 0 Å². The summed E-state index contributed by atoms with van der Waals surface area (Å²) in [4.78, 5) is 23.4. The second-order valence-electron chi connectivity index (χ2n) is 5.33. The van der Waals surface area contributed by atoms with Crippen LogP contribution in [0.4, 0.5) is 0 Å². The van der Waals surface area contributed by atoms with E-state index in [2.05, 4.69) is 18.5 Å². The van der Waals surface area contributed by atoms with Gasteiger partial charge in [-0.25, -0.2) is 26.1 Å². The Kier molecular flexibility index (Phi) is 4.05. The molecule has 2 rings (SSSR count). The molecule has 8 nitrogen and oxygen atoms in total. The largest absolute Gasteiger partial charge is 0.376 e. The standard InChI is InChI=1S/C12H16N2O6S2/c1-3-21(17,18)6-5-11(15)13-10-7-14(10)9(12(14)16)8-22(19,20)4-2/h3-4,9-10H,1-2,5-8H2/p+1. The van der Waals surface area contributed by atoms with Crippen LogP contribution in [0.15, 0.2) is 24.0 Å². The van der Waals surface area contributed by atoms with Gasteiger partial charge in [0.2, 0.25) is 18.1 Å². The highest BCUT2D eigenvalue weighted by atomic mass is 32.2. The number of nitrogens with one attached hydrogen (secondary N) is 1. The van der Waals surface area contributed by atoms with Crippen LogP contribution in [0, 0.1) is 0 Å². The average molecular weight is 349 g/mol. The van der Waals surface area contributed by atoms with Gasteiger partial charge in [0.25, 0.3) is 0 Å². The highest BCUT2D eigenvalue weighted by Gasteiger charge is 2.83. The molecule has 0 aromatic carbocycles. The molecular formula is C12H17N2O6S2+. The minimum atomic E-state index is -3.48. The van der Waals surface area contributed by atoms with Crippen molar-refractivity contribution in [3.63, 3.8) is 0 Å². The van der Waals surface area contributed by atoms with Gasteiger partial charge in [-0.05, 0) is 0 Å². The van der Waals surface area contributed by atoms with Gasteiger partial charge in [0, 0.05) is 17.2 Å². The van der Waals surface area contributed by atoms with Crippen molar-refractivity contribution in [3.05, 3.63) is 24.0 Å². The maximum atomic E-state index is 11.8. The normalized spacial score (nSPS) is 29.9. The second-order valence-corrected chi connectivity index (χ2v) is 9.39. The topological polar surface area (TPSA) is 114 Å². The molecule has 3 atom stereocenters. The molecule has 1 spiro atoms. The lowest BCUT2D eigenvalue weighted by molar-refractivity contribution is -0.644. The summed E-state index contributed by atoms with van der Waals surface area (Å²) in [6.07, 6.45) is -0.689. The average Bonchev–Trinajstić information content (AvgIpc) is 3.29. The first-order chi connectivity index (χ1) is 10.1. The monoisotopic (exact) mass is 349 g/mol. The molecule has 2 heterocycles. The molecule has 2 aliphatic rings. The van der Waals surface area contributed by atoms with Gasteiger partial charge in [-0.3, -0.25) is 4.79 Å². The Balaban J connectivity index is 1.86. The van der Waals surface area contributed by atoms with Crippen LogP contribution < -0.4 is 5.32 Å². The zero-order chi connectivity index (χ0) is 16.8. The van der Waals surface area contributed by atoms with Crippen molar-refractivity contribution >= 4 is 31.5 Å². The summed E-state index contributed by atoms with van der Waals surface area (Å²) < 4.78 is 45.2. The summed E-state index contributed by atoms with van der Waals surface area (Å²) in [5.41, 5.74) is 0. The Morgan fingerprint density at radius 2 is 1.82 bits per heavy atom. The summed E-state index contributed by atoms with van der Waals surface area (Å²) in [5, 5.41) is 4.16. The summed E-state index contributed by atoms with van der Waals surface area (Å²) in [6, 6.07) is -0.662. The zero-order valence-electron chi connectivity index (χ0n) is 11.8. The van der Waals surface area contributed by atoms with E-state index in [0.717, 1.165) is 10.8 Å². The Hall–Kier alpha value is -1.52. The van der Waals surface area contributed by atoms with Gasteiger partial charge in [-0.2, -0.15) is 0 Å². The van der Waals surface area contributed by atoms with E-state index in [1.807, 2.05) is 0 Å². The van der Waals surface area contributed by atoms with E-state index in [1.54, 1.807) is 0 Å². The van der Waals surface area contributed by atoms with Gasteiger partial charge in [0.05, 0.1) is 5.75 Å². The summed E-state index contributed by atoms with van der Waals surface area (Å²) in [5.74, 6) is -1.38. The van der Waals surface area contributed by atoms with Crippen molar-refractivity contribution in [2.45, 2.75) is 18.6 Å². The van der Waals surface area contributed by atoms with Crippen molar-refractivity contribution in [1.82, 2.24) is 5.32 Å². The van der Waals surface area contributed by atoms with Crippen molar-refractivity contribution in [2.75, 3.05) is 18.1 Å². The summed E-state index contributed by atoms with van der Waals surface area (Å²) in [7, 11) is -6.93. The lowest BCUT2D eigenvalue weighted by atomic mass is 10.4. The molecule has 0 aliphatic carbocycles. The van der Waals surface area contributed by atoms with Gasteiger partial charge in [-0.1, -0.05) is 13.2 Å². The molecule has 2 aliphatic heterocycles. The van der Waals surface area contributed by atoms with Crippen LogP contribution in [-0.2, 0) is 29.3 Å². The quantitative estimate of drug-likeness (QED) is 0.429. The van der Waals surface area contributed by atoms with Crippen LogP contribution in [0.1, 0.15) is 6.42 Å². The molecule has 2 amide bonds. The van der Waals surface area contributed by atoms with Gasteiger partial charge >= 0.3 is 5.91 Å². The zero-order valence-corrected chi connectivity index (χ0v) is 13.4. The molecule has 2 fully saturated rings. The fourth-order valence-corrected chi connectivity index (χ4v) is 4.05. The highest BCUT2D eigenvalue weighted by molar-refractivity contribution is 7.94. The third-order valence-electron chi connectivity index (χ3n) is 3.92. The summed E-state index contributed by atoms with van der Waals surface area (Å²) >= 11 is 0. The minimum absolute atomic E-state index is 0.0625. The van der Waals surface area contributed by atoms with E-state index in [4.69, 9.17) is 0 Å². The van der Waals surface area contributed by atoms with Gasteiger partial charge < -0.3 is 5.32 Å². The lowest BCUT2D eigenvalue weighted by Gasteiger charge is -2.01. The highest BCUT2D eigenvalue weighted by Crippen LogP contribution is 2.48. The van der Waals surface area contributed by atoms with E-state index in [9.17, 15) is 26.4 Å². The smallest absolute Gasteiger partial charge is 0.302 e. The Labute approximate surface area is 128 Å². The molecule has 1 N–H and O–H groups in total. The molecule has 0 saturated carbocycles. The number of carbonyl (C=O) groups excluding carboxylic acids is 2. The minimum Gasteiger partial charge on any atom is -0.302 e. The number of sulfone groups is 2. The molecular weight excluding hydrogens is 332 g/mol. The van der Waals surface area contributed by atoms with Crippen LogP contribution in [0.2, 0.25) is 0 Å². The molecule has 3 unspecified atom stereocenters. The number of rotatable bonds is 8. The number of carbonyl (C=O) groups is 2. The number of nitrogens with zero attached hydrogens (tertiary/aromatic N) is 1. The van der Waals surface area contributed by atoms with Gasteiger partial charge in [0.1, 0.15) is 5.75 Å². The lowest BCUT2D eigenvalue weighted by Crippen LogP contribution is -2.32. The molecule has 22 heavy (non-hydrogen) atoms. The fraction of sp³-hybridized carbons (Fsp3) is 0.500. The van der Waals surface area contributed by atoms with Gasteiger partial charge in [0.15, 0.2) is 26.2 Å². The number of hydrogen-bond acceptors (Lipinski definition) is 6. The third-order valence-corrected chi connectivity index (χ3v) is 6.49. The predicted molar refractivity (Wildman–Crippen MR) is 78.4 cm³/mol. The SMILES string of the molecule is C=CS(=O)(=O)CCC(=O)NC1C[N+]12C(=O)C2CS(=O)(=O)C=C. The molecule has 0 aromatic heterocycles. The molecule has 10 heteroatoms. The first-order valence-electron chi connectivity index (χ1n) is 6.49. The number of quaternary nitrogens is 1. The second kappa shape index (κ2) is 5.28. The van der Waals surface area contributed by atoms with Crippen molar-refractivity contribution in [2.24, 2.45) is 0 Å². The van der Waals surface area contributed by atoms with Crippen LogP contribution in [0.25, 0.3) is 0 Å². The van der Waals surface area contributed by atoms with Crippen LogP contribution >= 0.6 is 0 Å². The van der Waals surface area contributed by atoms with Gasteiger partial charge in [-0.15, -0.1) is 0 Å². The van der Waals surface area contributed by atoms with Crippen LogP contribution in [0.5, 0.6) is 0 Å². The Morgan fingerprint density at radius 3 is 2.36 bits per heavy atom. The molecule has 0 aromatic rings.